The number of para-hydroxylation sites is 2. The molecule has 1 aromatic heterocycles. The molecule has 1 aliphatic heterocycles. The van der Waals surface area contributed by atoms with Gasteiger partial charge in [-0.25, -0.2) is 4.39 Å². The molecule has 2 aromatic carbocycles. The van der Waals surface area contributed by atoms with Crippen LogP contribution in [0.3, 0.4) is 0 Å². The van der Waals surface area contributed by atoms with E-state index in [1.165, 1.54) is 10.6 Å². The molecule has 26 heavy (non-hydrogen) atoms. The van der Waals surface area contributed by atoms with Crippen LogP contribution in [0.1, 0.15) is 0 Å². The van der Waals surface area contributed by atoms with Gasteiger partial charge in [0.2, 0.25) is 5.91 Å². The number of hydrogen-bond acceptors (Lipinski definition) is 4. The smallest absolute Gasteiger partial charge is 0.308 e. The lowest BCUT2D eigenvalue weighted by atomic mass is 10.2. The monoisotopic (exact) mass is 371 g/mol. The first-order valence-corrected chi connectivity index (χ1v) is 9.31. The molecule has 0 N–H and O–H groups in total. The highest BCUT2D eigenvalue weighted by Gasteiger charge is 2.23. The first kappa shape index (κ1) is 16.8. The molecule has 0 atom stereocenters. The second-order valence-corrected chi connectivity index (χ2v) is 7.23. The van der Waals surface area contributed by atoms with Crippen LogP contribution in [0.5, 0.6) is 0 Å². The summed E-state index contributed by atoms with van der Waals surface area (Å²) in [6.45, 7) is 2.23. The minimum absolute atomic E-state index is 0.0442. The van der Waals surface area contributed by atoms with Crippen molar-refractivity contribution in [3.05, 3.63) is 64.0 Å². The number of amides is 1. The molecular weight excluding hydrogens is 353 g/mol. The van der Waals surface area contributed by atoms with Gasteiger partial charge in [-0.15, -0.1) is 0 Å². The van der Waals surface area contributed by atoms with Crippen LogP contribution in [0.4, 0.5) is 10.1 Å². The van der Waals surface area contributed by atoms with Crippen LogP contribution >= 0.6 is 11.3 Å². The maximum Gasteiger partial charge on any atom is 0.308 e. The number of benzene rings is 2. The lowest BCUT2D eigenvalue weighted by Gasteiger charge is -2.36. The average Bonchev–Trinajstić information content (AvgIpc) is 2.98. The summed E-state index contributed by atoms with van der Waals surface area (Å²) in [5.41, 5.74) is 1.36. The van der Waals surface area contributed by atoms with Crippen LogP contribution in [0.2, 0.25) is 0 Å². The third kappa shape index (κ3) is 3.10. The summed E-state index contributed by atoms with van der Waals surface area (Å²) < 4.78 is 16.3. The maximum atomic E-state index is 13.9. The summed E-state index contributed by atoms with van der Waals surface area (Å²) in [5, 5.41) is 0. The fourth-order valence-electron chi connectivity index (χ4n) is 3.30. The second-order valence-electron chi connectivity index (χ2n) is 6.24. The van der Waals surface area contributed by atoms with E-state index in [2.05, 4.69) is 0 Å². The SMILES string of the molecule is O=C(Cn1c(=O)sc2ccccc21)N1CCN(c2ccccc2F)CC1. The number of thiazole rings is 1. The van der Waals surface area contributed by atoms with Crippen molar-refractivity contribution < 1.29 is 9.18 Å². The molecule has 0 aliphatic carbocycles. The van der Waals surface area contributed by atoms with Gasteiger partial charge < -0.3 is 9.80 Å². The Balaban J connectivity index is 1.45. The molecular formula is C19H18FN3O2S. The Morgan fingerprint density at radius 1 is 1.00 bits per heavy atom. The van der Waals surface area contributed by atoms with E-state index >= 15 is 0 Å². The van der Waals surface area contributed by atoms with Crippen molar-refractivity contribution in [3.63, 3.8) is 0 Å². The second kappa shape index (κ2) is 6.92. The van der Waals surface area contributed by atoms with Gasteiger partial charge in [0.25, 0.3) is 0 Å². The first-order chi connectivity index (χ1) is 12.6. The first-order valence-electron chi connectivity index (χ1n) is 8.49. The van der Waals surface area contributed by atoms with Crippen LogP contribution in [-0.2, 0) is 11.3 Å². The predicted molar refractivity (Wildman–Crippen MR) is 101 cm³/mol. The van der Waals surface area contributed by atoms with Crippen LogP contribution in [-0.4, -0.2) is 41.6 Å². The largest absolute Gasteiger partial charge is 0.366 e. The van der Waals surface area contributed by atoms with E-state index in [0.717, 1.165) is 21.6 Å². The van der Waals surface area contributed by atoms with Gasteiger partial charge in [-0.1, -0.05) is 35.6 Å². The molecule has 5 nitrogen and oxygen atoms in total. The molecule has 1 aliphatic rings. The number of carbonyl (C=O) groups is 1. The van der Waals surface area contributed by atoms with Crippen molar-refractivity contribution in [2.24, 2.45) is 0 Å². The molecule has 3 aromatic rings. The third-order valence-electron chi connectivity index (χ3n) is 4.69. The molecule has 0 saturated carbocycles. The number of carbonyl (C=O) groups excluding carboxylic acids is 1. The number of hydrogen-bond donors (Lipinski definition) is 0. The van der Waals surface area contributed by atoms with Gasteiger partial charge in [-0.2, -0.15) is 0 Å². The Hall–Kier alpha value is -2.67. The number of aromatic nitrogens is 1. The summed E-state index contributed by atoms with van der Waals surface area (Å²) in [5.74, 6) is -0.326. The number of nitrogens with zero attached hydrogens (tertiary/aromatic N) is 3. The number of halogens is 1. The van der Waals surface area contributed by atoms with Crippen LogP contribution in [0.15, 0.2) is 53.3 Å². The highest BCUT2D eigenvalue weighted by atomic mass is 32.1. The van der Waals surface area contributed by atoms with Crippen molar-refractivity contribution in [3.8, 4) is 0 Å². The number of fused-ring (bicyclic) bond motifs is 1. The van der Waals surface area contributed by atoms with Crippen molar-refractivity contribution in [2.45, 2.75) is 6.54 Å². The number of rotatable bonds is 3. The highest BCUT2D eigenvalue weighted by molar-refractivity contribution is 7.16. The lowest BCUT2D eigenvalue weighted by Crippen LogP contribution is -2.50. The highest BCUT2D eigenvalue weighted by Crippen LogP contribution is 2.21. The molecule has 1 saturated heterocycles. The van der Waals surface area contributed by atoms with Gasteiger partial charge in [0, 0.05) is 26.2 Å². The van der Waals surface area contributed by atoms with Crippen molar-refractivity contribution in [2.75, 3.05) is 31.1 Å². The molecule has 0 spiro atoms. The van der Waals surface area contributed by atoms with Crippen LogP contribution in [0, 0.1) is 5.82 Å². The van der Waals surface area contributed by atoms with E-state index < -0.39 is 0 Å². The molecule has 0 bridgehead atoms. The lowest BCUT2D eigenvalue weighted by molar-refractivity contribution is -0.132. The summed E-state index contributed by atoms with van der Waals surface area (Å²) in [6.07, 6.45) is 0. The van der Waals surface area contributed by atoms with Gasteiger partial charge in [0.15, 0.2) is 0 Å². The molecule has 0 unspecified atom stereocenters. The summed E-state index contributed by atoms with van der Waals surface area (Å²) >= 11 is 1.15. The van der Waals surface area contributed by atoms with Gasteiger partial charge in [-0.3, -0.25) is 14.2 Å². The Bertz CT molecular complexity index is 1010. The van der Waals surface area contributed by atoms with E-state index in [1.807, 2.05) is 35.2 Å². The molecule has 1 fully saturated rings. The zero-order chi connectivity index (χ0) is 18.1. The topological polar surface area (TPSA) is 45.6 Å². The minimum Gasteiger partial charge on any atom is -0.366 e. The Morgan fingerprint density at radius 2 is 1.69 bits per heavy atom. The number of anilines is 1. The standard InChI is InChI=1S/C19H18FN3O2S/c20-14-5-1-2-6-15(14)21-9-11-22(12-10-21)18(24)13-23-16-7-3-4-8-17(16)26-19(23)25/h1-8H,9-13H2. The molecule has 0 radical (unpaired) electrons. The van der Waals surface area contributed by atoms with Gasteiger partial charge in [-0.05, 0) is 24.3 Å². The minimum atomic E-state index is -0.247. The zero-order valence-electron chi connectivity index (χ0n) is 14.1. The van der Waals surface area contributed by atoms with Crippen molar-refractivity contribution in [1.29, 1.82) is 0 Å². The zero-order valence-corrected chi connectivity index (χ0v) is 14.9. The Labute approximate surface area is 153 Å². The van der Waals surface area contributed by atoms with E-state index in [4.69, 9.17) is 0 Å². The molecule has 4 rings (SSSR count). The predicted octanol–water partition coefficient (Wildman–Crippen LogP) is 2.55. The summed E-state index contributed by atoms with van der Waals surface area (Å²) in [7, 11) is 0. The molecule has 134 valence electrons. The van der Waals surface area contributed by atoms with Gasteiger partial charge in [0.05, 0.1) is 15.9 Å². The van der Waals surface area contributed by atoms with Crippen LogP contribution in [0.25, 0.3) is 10.2 Å². The Kier molecular flexibility index (Phi) is 4.46. The maximum absolute atomic E-state index is 13.9. The fraction of sp³-hybridized carbons (Fsp3) is 0.263. The molecule has 1 amide bonds. The normalized spacial score (nSPS) is 14.8. The third-order valence-corrected chi connectivity index (χ3v) is 5.65. The van der Waals surface area contributed by atoms with E-state index in [0.29, 0.717) is 31.9 Å². The van der Waals surface area contributed by atoms with E-state index in [9.17, 15) is 14.0 Å². The quantitative estimate of drug-likeness (QED) is 0.711. The molecule has 7 heteroatoms. The summed E-state index contributed by atoms with van der Waals surface area (Å²) in [6, 6.07) is 14.2. The average molecular weight is 371 g/mol. The van der Waals surface area contributed by atoms with Crippen molar-refractivity contribution in [1.82, 2.24) is 9.47 Å². The van der Waals surface area contributed by atoms with E-state index in [-0.39, 0.29) is 23.1 Å². The van der Waals surface area contributed by atoms with Gasteiger partial charge in [0.1, 0.15) is 12.4 Å². The number of piperazine rings is 1. The Morgan fingerprint density at radius 3 is 2.46 bits per heavy atom. The fourth-order valence-corrected chi connectivity index (χ4v) is 4.19. The van der Waals surface area contributed by atoms with Gasteiger partial charge >= 0.3 is 4.87 Å². The van der Waals surface area contributed by atoms with Crippen LogP contribution < -0.4 is 9.77 Å². The van der Waals surface area contributed by atoms with E-state index in [1.54, 1.807) is 17.0 Å². The summed E-state index contributed by atoms with van der Waals surface area (Å²) in [4.78, 5) is 28.4. The molecule has 2 heterocycles. The van der Waals surface area contributed by atoms with Crippen molar-refractivity contribution >= 4 is 33.1 Å².